The molecule has 0 aromatic heterocycles. The standard InChI is InChI=1S/C36H39NO6/c1-5-6-17-42-36(39)33-23(2)37-29-19-27(25-15-16-31(40-3)32(21-25)41-4)20-30(38)35(29)34(33)26-13-10-14-28(18-26)43-22-24-11-8-7-9-12-24/h7-16,18,21,27,33-34H,5-6,17,19-20,22H2,1-4H3/t27-,33?,34-/m0/s1. The third kappa shape index (κ3) is 6.66. The summed E-state index contributed by atoms with van der Waals surface area (Å²) in [5.41, 5.74) is 4.86. The molecule has 0 N–H and O–H groups in total. The average molecular weight is 582 g/mol. The van der Waals surface area contributed by atoms with Crippen LogP contribution in [0, 0.1) is 5.92 Å². The summed E-state index contributed by atoms with van der Waals surface area (Å²) < 4.78 is 22.8. The normalized spacial score (nSPS) is 19.8. The summed E-state index contributed by atoms with van der Waals surface area (Å²) in [7, 11) is 3.20. The predicted octanol–water partition coefficient (Wildman–Crippen LogP) is 7.20. The van der Waals surface area contributed by atoms with Crippen molar-refractivity contribution in [2.24, 2.45) is 10.9 Å². The molecule has 0 saturated heterocycles. The van der Waals surface area contributed by atoms with Gasteiger partial charge < -0.3 is 18.9 Å². The summed E-state index contributed by atoms with van der Waals surface area (Å²) in [4.78, 5) is 32.5. The summed E-state index contributed by atoms with van der Waals surface area (Å²) in [5.74, 6) is 0.294. The maximum atomic E-state index is 14.0. The Kier molecular flexibility index (Phi) is 9.60. The third-order valence-electron chi connectivity index (χ3n) is 8.23. The Morgan fingerprint density at radius 1 is 0.907 bits per heavy atom. The van der Waals surface area contributed by atoms with E-state index in [-0.39, 0.29) is 17.7 Å². The molecule has 3 aromatic carbocycles. The first kappa shape index (κ1) is 30.1. The van der Waals surface area contributed by atoms with Crippen LogP contribution in [0.2, 0.25) is 0 Å². The first-order valence-electron chi connectivity index (χ1n) is 14.9. The monoisotopic (exact) mass is 581 g/mol. The number of carbonyl (C=O) groups excluding carboxylic acids is 2. The van der Waals surface area contributed by atoms with Crippen LogP contribution in [-0.2, 0) is 20.9 Å². The second-order valence-corrected chi connectivity index (χ2v) is 11.1. The number of Topliss-reactive ketones (excluding diaryl/α,β-unsaturated/α-hetero) is 1. The number of benzene rings is 3. The highest BCUT2D eigenvalue weighted by atomic mass is 16.5. The van der Waals surface area contributed by atoms with Gasteiger partial charge in [-0.25, -0.2) is 0 Å². The Labute approximate surface area is 253 Å². The fourth-order valence-corrected chi connectivity index (χ4v) is 6.01. The predicted molar refractivity (Wildman–Crippen MR) is 166 cm³/mol. The van der Waals surface area contributed by atoms with Crippen molar-refractivity contribution in [1.82, 2.24) is 0 Å². The van der Waals surface area contributed by atoms with E-state index in [9.17, 15) is 9.59 Å². The zero-order chi connectivity index (χ0) is 30.3. The first-order chi connectivity index (χ1) is 20.9. The quantitative estimate of drug-likeness (QED) is 0.176. The highest BCUT2D eigenvalue weighted by Gasteiger charge is 2.45. The number of hydrogen-bond donors (Lipinski definition) is 0. The highest BCUT2D eigenvalue weighted by molar-refractivity contribution is 6.09. The van der Waals surface area contributed by atoms with Crippen LogP contribution >= 0.6 is 0 Å². The molecule has 2 aliphatic rings. The smallest absolute Gasteiger partial charge is 0.315 e. The molecule has 0 radical (unpaired) electrons. The van der Waals surface area contributed by atoms with Gasteiger partial charge >= 0.3 is 5.97 Å². The number of allylic oxidation sites excluding steroid dienone is 2. The van der Waals surface area contributed by atoms with E-state index >= 15 is 0 Å². The molecule has 5 rings (SSSR count). The molecule has 0 saturated carbocycles. The maximum absolute atomic E-state index is 14.0. The van der Waals surface area contributed by atoms with Gasteiger partial charge in [-0.1, -0.05) is 61.9 Å². The molecule has 3 atom stereocenters. The van der Waals surface area contributed by atoms with Crippen molar-refractivity contribution in [3.63, 3.8) is 0 Å². The van der Waals surface area contributed by atoms with Crippen molar-refractivity contribution in [2.45, 2.75) is 58.0 Å². The zero-order valence-corrected chi connectivity index (χ0v) is 25.3. The number of aliphatic imine (C=N–C) groups is 1. The number of rotatable bonds is 11. The molecule has 3 aromatic rings. The molecule has 1 aliphatic carbocycles. The van der Waals surface area contributed by atoms with Gasteiger partial charge in [0.15, 0.2) is 17.3 Å². The Morgan fingerprint density at radius 2 is 1.70 bits per heavy atom. The topological polar surface area (TPSA) is 83.4 Å². The first-order valence-corrected chi connectivity index (χ1v) is 14.9. The van der Waals surface area contributed by atoms with Gasteiger partial charge in [0.2, 0.25) is 0 Å². The van der Waals surface area contributed by atoms with Crippen molar-refractivity contribution in [1.29, 1.82) is 0 Å². The van der Waals surface area contributed by atoms with E-state index in [4.69, 9.17) is 23.9 Å². The Bertz CT molecular complexity index is 1530. The molecule has 7 nitrogen and oxygen atoms in total. The van der Waals surface area contributed by atoms with Crippen LogP contribution in [0.15, 0.2) is 89.1 Å². The lowest BCUT2D eigenvalue weighted by Gasteiger charge is -2.36. The van der Waals surface area contributed by atoms with Gasteiger partial charge in [0.05, 0.1) is 20.8 Å². The van der Waals surface area contributed by atoms with Gasteiger partial charge in [0, 0.05) is 29.3 Å². The highest BCUT2D eigenvalue weighted by Crippen LogP contribution is 2.48. The number of methoxy groups -OCH3 is 2. The zero-order valence-electron chi connectivity index (χ0n) is 25.3. The molecular weight excluding hydrogens is 542 g/mol. The van der Waals surface area contributed by atoms with Crippen LogP contribution in [0.1, 0.15) is 68.1 Å². The van der Waals surface area contributed by atoms with Crippen molar-refractivity contribution < 1.29 is 28.5 Å². The third-order valence-corrected chi connectivity index (χ3v) is 8.23. The van der Waals surface area contributed by atoms with Crippen molar-refractivity contribution >= 4 is 17.5 Å². The van der Waals surface area contributed by atoms with E-state index in [2.05, 4.69) is 6.92 Å². The van der Waals surface area contributed by atoms with Gasteiger partial charge in [0.1, 0.15) is 18.3 Å². The van der Waals surface area contributed by atoms with Crippen LogP contribution in [0.5, 0.6) is 17.2 Å². The van der Waals surface area contributed by atoms with Crippen LogP contribution in [0.25, 0.3) is 0 Å². The van der Waals surface area contributed by atoms with E-state index < -0.39 is 11.8 Å². The minimum atomic E-state index is -0.693. The molecule has 1 unspecified atom stereocenters. The van der Waals surface area contributed by atoms with Crippen molar-refractivity contribution in [2.75, 3.05) is 20.8 Å². The maximum Gasteiger partial charge on any atom is 0.315 e. The van der Waals surface area contributed by atoms with Crippen LogP contribution < -0.4 is 14.2 Å². The molecule has 224 valence electrons. The van der Waals surface area contributed by atoms with Crippen LogP contribution in [0.3, 0.4) is 0 Å². The number of ether oxygens (including phenoxy) is 4. The summed E-state index contributed by atoms with van der Waals surface area (Å²) in [5, 5.41) is 0. The average Bonchev–Trinajstić information content (AvgIpc) is 3.03. The molecule has 0 amide bonds. The summed E-state index contributed by atoms with van der Waals surface area (Å²) in [6, 6.07) is 23.4. The number of esters is 1. The van der Waals surface area contributed by atoms with E-state index in [1.54, 1.807) is 14.2 Å². The molecule has 7 heteroatoms. The van der Waals surface area contributed by atoms with Crippen molar-refractivity contribution in [3.8, 4) is 17.2 Å². The molecule has 0 fully saturated rings. The number of nitrogens with zero attached hydrogens (tertiary/aromatic N) is 1. The van der Waals surface area contributed by atoms with E-state index in [1.165, 1.54) is 0 Å². The van der Waals surface area contributed by atoms with Gasteiger partial charge in [-0.2, -0.15) is 0 Å². The number of carbonyl (C=O) groups is 2. The fraction of sp³-hybridized carbons (Fsp3) is 0.361. The van der Waals surface area contributed by atoms with Gasteiger partial charge in [-0.3, -0.25) is 14.6 Å². The molecule has 0 bridgehead atoms. The SMILES string of the molecule is CCCCOC(=O)C1C(C)=NC2=C(C(=O)C[C@@H](c3ccc(OC)c(OC)c3)C2)[C@H]1c1cccc(OCc2ccccc2)c1. The van der Waals surface area contributed by atoms with Crippen LogP contribution in [0.4, 0.5) is 0 Å². The number of unbranched alkanes of at least 4 members (excludes halogenated alkanes) is 1. The number of hydrogen-bond acceptors (Lipinski definition) is 7. The summed E-state index contributed by atoms with van der Waals surface area (Å²) >= 11 is 0. The molecule has 43 heavy (non-hydrogen) atoms. The Morgan fingerprint density at radius 3 is 2.44 bits per heavy atom. The van der Waals surface area contributed by atoms with Gasteiger partial charge in [0.25, 0.3) is 0 Å². The fourth-order valence-electron chi connectivity index (χ4n) is 6.01. The van der Waals surface area contributed by atoms with E-state index in [0.29, 0.717) is 54.6 Å². The van der Waals surface area contributed by atoms with E-state index in [1.807, 2.05) is 79.7 Å². The molecular formula is C36H39NO6. The minimum Gasteiger partial charge on any atom is -0.493 e. The summed E-state index contributed by atoms with van der Waals surface area (Å²) in [6.07, 6.45) is 2.58. The molecule has 1 heterocycles. The second-order valence-electron chi connectivity index (χ2n) is 11.1. The second kappa shape index (κ2) is 13.7. The molecule has 0 spiro atoms. The van der Waals surface area contributed by atoms with Gasteiger partial charge in [-0.15, -0.1) is 0 Å². The lowest BCUT2D eigenvalue weighted by Crippen LogP contribution is -2.38. The summed E-state index contributed by atoms with van der Waals surface area (Å²) in [6.45, 7) is 4.67. The van der Waals surface area contributed by atoms with Crippen molar-refractivity contribution in [3.05, 3.63) is 101 Å². The Balaban J connectivity index is 1.50. The lowest BCUT2D eigenvalue weighted by molar-refractivity contribution is -0.146. The number of ketones is 1. The van der Waals surface area contributed by atoms with Crippen LogP contribution in [-0.4, -0.2) is 38.3 Å². The lowest BCUT2D eigenvalue weighted by atomic mass is 9.69. The Hall–Kier alpha value is -4.39. The van der Waals surface area contributed by atoms with E-state index in [0.717, 1.165) is 35.2 Å². The minimum absolute atomic E-state index is 0.00995. The molecule has 1 aliphatic heterocycles. The largest absolute Gasteiger partial charge is 0.493 e. The van der Waals surface area contributed by atoms with Gasteiger partial charge in [-0.05, 0) is 66.6 Å².